The number of carbonyl (C=O) groups is 2. The van der Waals surface area contributed by atoms with Gasteiger partial charge in [0.05, 0.1) is 5.02 Å². The Hall–Kier alpha value is -2.90. The number of halogens is 2. The molecule has 1 aromatic heterocycles. The van der Waals surface area contributed by atoms with Crippen LogP contribution < -0.4 is 20.3 Å². The van der Waals surface area contributed by atoms with Crippen molar-refractivity contribution in [3.8, 4) is 11.5 Å². The van der Waals surface area contributed by atoms with Gasteiger partial charge < -0.3 is 14.5 Å². The molecule has 0 spiro atoms. The molecular formula is C18H13Cl2N3O4. The van der Waals surface area contributed by atoms with Gasteiger partial charge in [0.2, 0.25) is 6.10 Å². The topological polar surface area (TPSA) is 92.5 Å². The number of hydrogen-bond acceptors (Lipinski definition) is 4. The number of para-hydroxylation sites is 2. The van der Waals surface area contributed by atoms with E-state index in [1.165, 1.54) is 0 Å². The number of aromatic amines is 1. The number of amides is 2. The Balaban J connectivity index is 1.42. The first kappa shape index (κ1) is 17.5. The molecule has 0 radical (unpaired) electrons. The number of hydrazine groups is 1. The highest BCUT2D eigenvalue weighted by molar-refractivity contribution is 6.39. The summed E-state index contributed by atoms with van der Waals surface area (Å²) in [5.41, 5.74) is 5.40. The van der Waals surface area contributed by atoms with E-state index >= 15 is 0 Å². The van der Waals surface area contributed by atoms with E-state index in [0.29, 0.717) is 27.4 Å². The number of nitrogens with one attached hydrogen (secondary N) is 3. The number of aromatic nitrogens is 1. The highest BCUT2D eigenvalue weighted by Gasteiger charge is 2.28. The Morgan fingerprint density at radius 3 is 2.67 bits per heavy atom. The second kappa shape index (κ2) is 7.02. The Morgan fingerprint density at radius 2 is 1.85 bits per heavy atom. The molecule has 1 aliphatic rings. The zero-order chi connectivity index (χ0) is 19.0. The molecule has 9 heteroatoms. The minimum atomic E-state index is -0.891. The van der Waals surface area contributed by atoms with Crippen molar-refractivity contribution < 1.29 is 19.1 Å². The molecule has 1 atom stereocenters. The van der Waals surface area contributed by atoms with Crippen LogP contribution in [0.3, 0.4) is 0 Å². The molecule has 2 heterocycles. The number of hydrogen-bond donors (Lipinski definition) is 3. The average molecular weight is 406 g/mol. The third-order valence-corrected chi connectivity index (χ3v) is 4.65. The summed E-state index contributed by atoms with van der Waals surface area (Å²) in [5, 5.41) is 1.32. The normalized spacial score (nSPS) is 15.4. The maximum absolute atomic E-state index is 12.4. The van der Waals surface area contributed by atoms with E-state index in [9.17, 15) is 9.59 Å². The van der Waals surface area contributed by atoms with Crippen molar-refractivity contribution in [3.05, 3.63) is 58.2 Å². The van der Waals surface area contributed by atoms with Gasteiger partial charge in [-0.05, 0) is 30.3 Å². The molecule has 2 amide bonds. The van der Waals surface area contributed by atoms with E-state index in [0.717, 1.165) is 0 Å². The molecule has 4 rings (SSSR count). The van der Waals surface area contributed by atoms with E-state index < -0.39 is 17.9 Å². The second-order valence-electron chi connectivity index (χ2n) is 5.81. The summed E-state index contributed by atoms with van der Waals surface area (Å²) in [5.74, 6) is -0.120. The van der Waals surface area contributed by atoms with Crippen LogP contribution in [0.1, 0.15) is 10.5 Å². The summed E-state index contributed by atoms with van der Waals surface area (Å²) in [6.07, 6.45) is -0.891. The lowest BCUT2D eigenvalue weighted by molar-refractivity contribution is -0.131. The molecule has 1 unspecified atom stereocenters. The summed E-state index contributed by atoms with van der Waals surface area (Å²) in [6, 6.07) is 12.1. The van der Waals surface area contributed by atoms with Crippen LogP contribution in [0.5, 0.6) is 11.5 Å². The Bertz CT molecular complexity index is 1050. The summed E-state index contributed by atoms with van der Waals surface area (Å²) in [6.45, 7) is 0.0321. The van der Waals surface area contributed by atoms with Gasteiger partial charge in [-0.1, -0.05) is 35.3 Å². The Labute approximate surface area is 163 Å². The summed E-state index contributed by atoms with van der Waals surface area (Å²) < 4.78 is 11.1. The second-order valence-corrected chi connectivity index (χ2v) is 6.63. The van der Waals surface area contributed by atoms with E-state index in [4.69, 9.17) is 32.7 Å². The molecule has 0 saturated carbocycles. The molecule has 27 heavy (non-hydrogen) atoms. The number of carbonyl (C=O) groups excluding carboxylic acids is 2. The van der Waals surface area contributed by atoms with Gasteiger partial charge in [-0.15, -0.1) is 0 Å². The molecule has 3 N–H and O–H groups in total. The van der Waals surface area contributed by atoms with E-state index in [1.54, 1.807) is 42.5 Å². The maximum Gasteiger partial charge on any atom is 0.287 e. The van der Waals surface area contributed by atoms with Crippen molar-refractivity contribution in [1.29, 1.82) is 0 Å². The fraction of sp³-hybridized carbons (Fsp3) is 0.111. The van der Waals surface area contributed by atoms with E-state index in [2.05, 4.69) is 15.8 Å². The van der Waals surface area contributed by atoms with Gasteiger partial charge in [0.1, 0.15) is 12.3 Å². The van der Waals surface area contributed by atoms with Crippen molar-refractivity contribution in [2.75, 3.05) is 6.61 Å². The average Bonchev–Trinajstić information content (AvgIpc) is 3.01. The van der Waals surface area contributed by atoms with Crippen LogP contribution in [0.25, 0.3) is 10.9 Å². The van der Waals surface area contributed by atoms with Crippen molar-refractivity contribution in [2.24, 2.45) is 0 Å². The summed E-state index contributed by atoms with van der Waals surface area (Å²) in [7, 11) is 0. The van der Waals surface area contributed by atoms with Crippen molar-refractivity contribution in [3.63, 3.8) is 0 Å². The first-order valence-electron chi connectivity index (χ1n) is 7.98. The van der Waals surface area contributed by atoms with E-state index in [1.807, 2.05) is 0 Å². The number of fused-ring (bicyclic) bond motifs is 2. The molecule has 0 saturated heterocycles. The van der Waals surface area contributed by atoms with Gasteiger partial charge in [-0.2, -0.15) is 0 Å². The van der Waals surface area contributed by atoms with Crippen LogP contribution in [0, 0.1) is 0 Å². The van der Waals surface area contributed by atoms with Crippen LogP contribution in [0.15, 0.2) is 42.5 Å². The fourth-order valence-electron chi connectivity index (χ4n) is 2.70. The van der Waals surface area contributed by atoms with Crippen LogP contribution in [-0.4, -0.2) is 29.5 Å². The predicted molar refractivity (Wildman–Crippen MR) is 100 cm³/mol. The van der Waals surface area contributed by atoms with Crippen LogP contribution in [-0.2, 0) is 4.79 Å². The van der Waals surface area contributed by atoms with Gasteiger partial charge >= 0.3 is 0 Å². The van der Waals surface area contributed by atoms with Crippen LogP contribution in [0.4, 0.5) is 0 Å². The molecule has 2 aromatic carbocycles. The first-order chi connectivity index (χ1) is 13.0. The number of benzene rings is 2. The lowest BCUT2D eigenvalue weighted by Crippen LogP contribution is -2.50. The quantitative estimate of drug-likeness (QED) is 0.571. The predicted octanol–water partition coefficient (Wildman–Crippen LogP) is 3.08. The summed E-state index contributed by atoms with van der Waals surface area (Å²) in [4.78, 5) is 27.5. The minimum absolute atomic E-state index is 0.0321. The molecule has 3 aromatic rings. The highest BCUT2D eigenvalue weighted by atomic mass is 35.5. The van der Waals surface area contributed by atoms with Gasteiger partial charge in [-0.3, -0.25) is 20.4 Å². The number of H-pyrrole nitrogens is 1. The molecule has 7 nitrogen and oxygen atoms in total. The molecular weight excluding hydrogens is 393 g/mol. The number of ether oxygens (including phenoxy) is 2. The highest BCUT2D eigenvalue weighted by Crippen LogP contribution is 2.31. The van der Waals surface area contributed by atoms with Crippen molar-refractivity contribution in [2.45, 2.75) is 6.10 Å². The lowest BCUT2D eigenvalue weighted by atomic mass is 10.2. The molecule has 0 aliphatic carbocycles. The first-order valence-corrected chi connectivity index (χ1v) is 8.74. The van der Waals surface area contributed by atoms with Crippen molar-refractivity contribution in [1.82, 2.24) is 15.8 Å². The monoisotopic (exact) mass is 405 g/mol. The Morgan fingerprint density at radius 1 is 1.07 bits per heavy atom. The van der Waals surface area contributed by atoms with E-state index in [-0.39, 0.29) is 17.3 Å². The molecule has 138 valence electrons. The number of rotatable bonds is 2. The third kappa shape index (κ3) is 3.39. The maximum atomic E-state index is 12.4. The zero-order valence-electron chi connectivity index (χ0n) is 13.7. The third-order valence-electron chi connectivity index (χ3n) is 4.02. The van der Waals surface area contributed by atoms with Gasteiger partial charge in [0, 0.05) is 15.9 Å². The van der Waals surface area contributed by atoms with Gasteiger partial charge in [-0.25, -0.2) is 0 Å². The Kier molecular flexibility index (Phi) is 4.55. The van der Waals surface area contributed by atoms with Crippen LogP contribution >= 0.6 is 23.2 Å². The van der Waals surface area contributed by atoms with Gasteiger partial charge in [0.15, 0.2) is 11.5 Å². The van der Waals surface area contributed by atoms with Gasteiger partial charge in [0.25, 0.3) is 11.8 Å². The largest absolute Gasteiger partial charge is 0.485 e. The van der Waals surface area contributed by atoms with Crippen LogP contribution in [0.2, 0.25) is 10.0 Å². The molecule has 1 aliphatic heterocycles. The molecule has 0 fully saturated rings. The standard InChI is InChI=1S/C18H13Cl2N3O4/c19-9-5-6-11-10(7-9)15(20)16(21-11)18(25)23-22-17(24)14-8-26-12-3-1-2-4-13(12)27-14/h1-7,14,21H,8H2,(H,22,24)(H,23,25). The van der Waals surface area contributed by atoms with Crippen molar-refractivity contribution >= 4 is 45.9 Å². The minimum Gasteiger partial charge on any atom is -0.485 e. The lowest BCUT2D eigenvalue weighted by Gasteiger charge is -2.25. The smallest absolute Gasteiger partial charge is 0.287 e. The zero-order valence-corrected chi connectivity index (χ0v) is 15.2. The summed E-state index contributed by atoms with van der Waals surface area (Å²) >= 11 is 12.2. The molecule has 0 bridgehead atoms. The SMILES string of the molecule is O=C(NNC(=O)C1COc2ccccc2O1)c1[nH]c2ccc(Cl)cc2c1Cl. The fourth-order valence-corrected chi connectivity index (χ4v) is 3.16.